The van der Waals surface area contributed by atoms with Gasteiger partial charge in [-0.05, 0) is 42.7 Å². The Morgan fingerprint density at radius 1 is 0.967 bits per heavy atom. The Bertz CT molecular complexity index is 853. The van der Waals surface area contributed by atoms with Gasteiger partial charge in [0.25, 0.3) is 0 Å². The number of anilines is 1. The van der Waals surface area contributed by atoms with Crippen LogP contribution in [0.5, 0.6) is 0 Å². The van der Waals surface area contributed by atoms with Crippen molar-refractivity contribution in [2.45, 2.75) is 96.9 Å². The van der Waals surface area contributed by atoms with Crippen molar-refractivity contribution < 1.29 is 8.85 Å². The molecule has 0 fully saturated rings. The summed E-state index contributed by atoms with van der Waals surface area (Å²) in [6.45, 7) is 24.2. The van der Waals surface area contributed by atoms with Crippen molar-refractivity contribution >= 4 is 33.6 Å². The van der Waals surface area contributed by atoms with E-state index in [1.807, 2.05) is 4.57 Å². The van der Waals surface area contributed by atoms with Crippen molar-refractivity contribution in [2.75, 3.05) is 12.3 Å². The Morgan fingerprint density at radius 2 is 1.57 bits per heavy atom. The molecule has 0 spiro atoms. The molecule has 0 aromatic carbocycles. The number of nitrogen functional groups attached to an aromatic ring is 1. The quantitative estimate of drug-likeness (QED) is 0.554. The number of hydrogen-bond acceptors (Lipinski definition) is 6. The average molecular weight is 452 g/mol. The minimum Gasteiger partial charge on any atom is -0.414 e. The highest BCUT2D eigenvalue weighted by atomic mass is 28.4. The summed E-state index contributed by atoms with van der Waals surface area (Å²) in [6, 6.07) is 0. The molecule has 7 nitrogen and oxygen atoms in total. The van der Waals surface area contributed by atoms with E-state index in [4.69, 9.17) is 14.6 Å². The molecule has 2 N–H and O–H groups in total. The van der Waals surface area contributed by atoms with E-state index in [1.54, 1.807) is 6.33 Å². The molecule has 2 aromatic heterocycles. The van der Waals surface area contributed by atoms with Crippen molar-refractivity contribution in [3.05, 3.63) is 12.7 Å². The molecular formula is C21H41N5O2Si2. The maximum absolute atomic E-state index is 6.79. The van der Waals surface area contributed by atoms with Crippen LogP contribution in [0.15, 0.2) is 12.7 Å². The lowest BCUT2D eigenvalue weighted by Crippen LogP contribution is -2.48. The van der Waals surface area contributed by atoms with Gasteiger partial charge in [-0.25, -0.2) is 15.0 Å². The van der Waals surface area contributed by atoms with Crippen LogP contribution in [-0.2, 0) is 15.4 Å². The Kier molecular flexibility index (Phi) is 7.23. The summed E-state index contributed by atoms with van der Waals surface area (Å²) in [5.74, 6) is 0.411. The maximum atomic E-state index is 6.79. The van der Waals surface area contributed by atoms with E-state index in [1.165, 1.54) is 6.33 Å². The first kappa shape index (κ1) is 25.0. The van der Waals surface area contributed by atoms with Gasteiger partial charge in [0.2, 0.25) is 0 Å². The van der Waals surface area contributed by atoms with Crippen LogP contribution in [0.3, 0.4) is 0 Å². The minimum atomic E-state index is -1.93. The van der Waals surface area contributed by atoms with Crippen molar-refractivity contribution in [3.8, 4) is 0 Å². The van der Waals surface area contributed by atoms with Gasteiger partial charge in [0.1, 0.15) is 11.8 Å². The highest BCUT2D eigenvalue weighted by Gasteiger charge is 2.41. The molecule has 0 aliphatic rings. The molecule has 2 heterocycles. The zero-order chi connectivity index (χ0) is 23.0. The Morgan fingerprint density at radius 3 is 2.13 bits per heavy atom. The van der Waals surface area contributed by atoms with E-state index in [0.717, 1.165) is 18.6 Å². The number of fused-ring (bicyclic) bond motifs is 1. The summed E-state index contributed by atoms with van der Waals surface area (Å²) in [6.07, 6.45) is 4.13. The Labute approximate surface area is 184 Å². The second kappa shape index (κ2) is 8.68. The minimum absolute atomic E-state index is 0.0247. The molecule has 170 valence electrons. The van der Waals surface area contributed by atoms with Gasteiger partial charge in [0.15, 0.2) is 28.1 Å². The highest BCUT2D eigenvalue weighted by Crippen LogP contribution is 2.39. The summed E-state index contributed by atoms with van der Waals surface area (Å²) in [5, 5.41) is 0.315. The van der Waals surface area contributed by atoms with Gasteiger partial charge in [0.05, 0.1) is 19.0 Å². The van der Waals surface area contributed by atoms with Gasteiger partial charge in [-0.1, -0.05) is 41.5 Å². The van der Waals surface area contributed by atoms with Gasteiger partial charge in [-0.15, -0.1) is 0 Å². The lowest BCUT2D eigenvalue weighted by Gasteiger charge is -2.41. The molecular weight excluding hydrogens is 410 g/mol. The van der Waals surface area contributed by atoms with E-state index in [2.05, 4.69) is 82.7 Å². The van der Waals surface area contributed by atoms with Crippen LogP contribution in [0, 0.1) is 0 Å². The first-order valence-electron chi connectivity index (χ1n) is 10.8. The van der Waals surface area contributed by atoms with Crippen LogP contribution < -0.4 is 5.73 Å². The fraction of sp³-hybridized carbons (Fsp3) is 0.762. The van der Waals surface area contributed by atoms with Gasteiger partial charge >= 0.3 is 0 Å². The SMILES string of the molecule is CC(C)(C)[Si](C)(C)OCC(CCn1cnc2c(N)ncnc21)O[Si](C)(C)C(C)(C)C. The lowest BCUT2D eigenvalue weighted by molar-refractivity contribution is 0.0970. The van der Waals surface area contributed by atoms with Crippen LogP contribution in [0.25, 0.3) is 11.2 Å². The largest absolute Gasteiger partial charge is 0.414 e. The molecule has 1 atom stereocenters. The molecule has 0 radical (unpaired) electrons. The van der Waals surface area contributed by atoms with Crippen LogP contribution in [-0.4, -0.2) is 48.9 Å². The topological polar surface area (TPSA) is 88.1 Å². The summed E-state index contributed by atoms with van der Waals surface area (Å²) in [4.78, 5) is 12.8. The number of nitrogens with two attached hydrogens (primary N) is 1. The van der Waals surface area contributed by atoms with Gasteiger partial charge < -0.3 is 19.2 Å². The molecule has 0 saturated carbocycles. The van der Waals surface area contributed by atoms with Crippen LogP contribution in [0.2, 0.25) is 36.3 Å². The molecule has 0 aliphatic heterocycles. The third-order valence-electron chi connectivity index (χ3n) is 6.83. The second-order valence-corrected chi connectivity index (χ2v) is 20.8. The summed E-state index contributed by atoms with van der Waals surface area (Å²) >= 11 is 0. The van der Waals surface area contributed by atoms with Gasteiger partial charge in [-0.2, -0.15) is 0 Å². The third kappa shape index (κ3) is 5.69. The normalized spacial score (nSPS) is 15.0. The zero-order valence-corrected chi connectivity index (χ0v) is 22.5. The molecule has 1 unspecified atom stereocenters. The van der Waals surface area contributed by atoms with Crippen molar-refractivity contribution in [3.63, 3.8) is 0 Å². The first-order valence-corrected chi connectivity index (χ1v) is 16.6. The summed E-state index contributed by atoms with van der Waals surface area (Å²) < 4.78 is 15.4. The van der Waals surface area contributed by atoms with Crippen LogP contribution in [0.4, 0.5) is 5.82 Å². The predicted octanol–water partition coefficient (Wildman–Crippen LogP) is 5.21. The smallest absolute Gasteiger partial charge is 0.192 e. The van der Waals surface area contributed by atoms with Crippen molar-refractivity contribution in [2.24, 2.45) is 0 Å². The molecule has 0 amide bonds. The predicted molar refractivity (Wildman–Crippen MR) is 130 cm³/mol. The number of nitrogens with zero attached hydrogens (tertiary/aromatic N) is 4. The van der Waals surface area contributed by atoms with E-state index in [0.29, 0.717) is 17.9 Å². The van der Waals surface area contributed by atoms with Crippen LogP contribution >= 0.6 is 0 Å². The number of rotatable bonds is 8. The van der Waals surface area contributed by atoms with E-state index in [-0.39, 0.29) is 16.2 Å². The maximum Gasteiger partial charge on any atom is 0.192 e. The monoisotopic (exact) mass is 451 g/mol. The molecule has 30 heavy (non-hydrogen) atoms. The molecule has 2 rings (SSSR count). The third-order valence-corrected chi connectivity index (χ3v) is 15.9. The van der Waals surface area contributed by atoms with Gasteiger partial charge in [-0.3, -0.25) is 0 Å². The molecule has 0 aliphatic carbocycles. The molecule has 0 bridgehead atoms. The molecule has 9 heteroatoms. The van der Waals surface area contributed by atoms with Crippen molar-refractivity contribution in [1.29, 1.82) is 0 Å². The number of hydrogen-bond donors (Lipinski definition) is 1. The molecule has 0 saturated heterocycles. The fourth-order valence-corrected chi connectivity index (χ4v) is 5.04. The highest BCUT2D eigenvalue weighted by molar-refractivity contribution is 6.74. The number of imidazole rings is 1. The van der Waals surface area contributed by atoms with E-state index < -0.39 is 16.6 Å². The summed E-state index contributed by atoms with van der Waals surface area (Å²) in [7, 11) is -3.79. The van der Waals surface area contributed by atoms with Crippen LogP contribution in [0.1, 0.15) is 48.0 Å². The first-order chi connectivity index (χ1) is 13.6. The fourth-order valence-electron chi connectivity index (χ4n) is 2.63. The Hall–Kier alpha value is -1.30. The lowest BCUT2D eigenvalue weighted by atomic mass is 10.2. The Balaban J connectivity index is 2.19. The standard InChI is InChI=1S/C21H41N5O2Si2/c1-20(2,3)29(7,8)27-13-16(28-30(9,10)21(4,5)6)11-12-26-15-25-17-18(22)23-14-24-19(17)26/h14-16H,11-13H2,1-10H3,(H2,22,23,24). The van der Waals surface area contributed by atoms with Crippen molar-refractivity contribution in [1.82, 2.24) is 19.5 Å². The number of aryl methyl sites for hydroxylation is 1. The average Bonchev–Trinajstić information content (AvgIpc) is 3.00. The second-order valence-electron chi connectivity index (χ2n) is 11.2. The number of aromatic nitrogens is 4. The van der Waals surface area contributed by atoms with E-state index in [9.17, 15) is 0 Å². The van der Waals surface area contributed by atoms with Gasteiger partial charge in [0, 0.05) is 6.54 Å². The molecule has 2 aromatic rings. The van der Waals surface area contributed by atoms with E-state index >= 15 is 0 Å². The summed E-state index contributed by atoms with van der Waals surface area (Å²) in [5.41, 5.74) is 7.34. The zero-order valence-electron chi connectivity index (χ0n) is 20.5.